The van der Waals surface area contributed by atoms with Crippen LogP contribution in [0.3, 0.4) is 0 Å². The fraction of sp³-hybridized carbons (Fsp3) is 0.0435. The van der Waals surface area contributed by atoms with Crippen LogP contribution >= 0.6 is 15.9 Å². The van der Waals surface area contributed by atoms with E-state index in [2.05, 4.69) is 31.3 Å². The number of benzene rings is 3. The molecule has 0 aliphatic heterocycles. The van der Waals surface area contributed by atoms with E-state index in [1.165, 1.54) is 18.2 Å². The number of ether oxygens (including phenoxy) is 1. The third-order valence-corrected chi connectivity index (χ3v) is 4.93. The molecule has 2 N–H and O–H groups in total. The summed E-state index contributed by atoms with van der Waals surface area (Å²) in [6.07, 6.45) is -4.10. The Morgan fingerprint density at radius 2 is 1.62 bits per heavy atom. The van der Waals surface area contributed by atoms with Crippen molar-refractivity contribution in [3.8, 4) is 5.75 Å². The second-order valence-electron chi connectivity index (χ2n) is 6.66. The summed E-state index contributed by atoms with van der Waals surface area (Å²) in [5, 5.41) is 4.51. The fourth-order valence-electron chi connectivity index (χ4n) is 2.74. The van der Waals surface area contributed by atoms with Crippen LogP contribution in [0.15, 0.2) is 76.9 Å². The third-order valence-electron chi connectivity index (χ3n) is 4.23. The van der Waals surface area contributed by atoms with E-state index in [0.717, 1.165) is 30.3 Å². The molecule has 3 aromatic rings. The molecule has 0 saturated heterocycles. The van der Waals surface area contributed by atoms with Crippen molar-refractivity contribution in [2.75, 3.05) is 5.32 Å². The summed E-state index contributed by atoms with van der Waals surface area (Å²) in [4.78, 5) is 25.7. The van der Waals surface area contributed by atoms with Gasteiger partial charge in [0.25, 0.3) is 11.8 Å². The number of carbonyl (C=O) groups is 2. The molecule has 176 valence electrons. The van der Waals surface area contributed by atoms with E-state index in [4.69, 9.17) is 0 Å². The fourth-order valence-corrected chi connectivity index (χ4v) is 3.21. The molecule has 0 aromatic heterocycles. The van der Waals surface area contributed by atoms with E-state index >= 15 is 0 Å². The standard InChI is InChI=1S/C23H14BrF5N2O3/c24-16-6-2-1-5-15(16)21(32)31-19(11-13-9-10-14(25)12-17(13)26)22(33)30-18-7-3-4-8-20(18)34-23(27,28)29/h1-12H,(H,30,33)(H,31,32)/b19-11-. The molecule has 0 bridgehead atoms. The van der Waals surface area contributed by atoms with Crippen molar-refractivity contribution >= 4 is 39.5 Å². The molecule has 11 heteroatoms. The quantitative estimate of drug-likeness (QED) is 0.296. The molecule has 0 aliphatic carbocycles. The van der Waals surface area contributed by atoms with Gasteiger partial charge in [0.15, 0.2) is 5.75 Å². The highest BCUT2D eigenvalue weighted by molar-refractivity contribution is 9.10. The highest BCUT2D eigenvalue weighted by atomic mass is 79.9. The Labute approximate surface area is 198 Å². The third kappa shape index (κ3) is 6.64. The van der Waals surface area contributed by atoms with E-state index in [1.807, 2.05) is 0 Å². The molecular formula is C23H14BrF5N2O3. The minimum Gasteiger partial charge on any atom is -0.404 e. The van der Waals surface area contributed by atoms with Crippen molar-refractivity contribution in [1.29, 1.82) is 0 Å². The van der Waals surface area contributed by atoms with Crippen LogP contribution in [0.4, 0.5) is 27.6 Å². The van der Waals surface area contributed by atoms with E-state index in [1.54, 1.807) is 18.2 Å². The zero-order valence-electron chi connectivity index (χ0n) is 16.9. The van der Waals surface area contributed by atoms with Gasteiger partial charge in [-0.05, 0) is 58.4 Å². The zero-order chi connectivity index (χ0) is 24.9. The lowest BCUT2D eigenvalue weighted by molar-refractivity contribution is -0.274. The lowest BCUT2D eigenvalue weighted by Gasteiger charge is -2.15. The van der Waals surface area contributed by atoms with Crippen LogP contribution in [0.25, 0.3) is 6.08 Å². The van der Waals surface area contributed by atoms with Crippen molar-refractivity contribution in [3.05, 3.63) is 99.7 Å². The summed E-state index contributed by atoms with van der Waals surface area (Å²) in [6.45, 7) is 0. The number of carbonyl (C=O) groups excluding carboxylic acids is 2. The number of nitrogens with one attached hydrogen (secondary N) is 2. The zero-order valence-corrected chi connectivity index (χ0v) is 18.5. The summed E-state index contributed by atoms with van der Waals surface area (Å²) in [5.41, 5.74) is -1.00. The molecule has 0 atom stereocenters. The lowest BCUT2D eigenvalue weighted by Crippen LogP contribution is -2.31. The number of hydrogen-bond donors (Lipinski definition) is 2. The number of alkyl halides is 3. The normalized spacial score (nSPS) is 11.6. The van der Waals surface area contributed by atoms with Gasteiger partial charge in [0.05, 0.1) is 11.3 Å². The molecule has 34 heavy (non-hydrogen) atoms. The summed E-state index contributed by atoms with van der Waals surface area (Å²) in [7, 11) is 0. The van der Waals surface area contributed by atoms with Gasteiger partial charge in [-0.15, -0.1) is 13.2 Å². The Hall–Kier alpha value is -3.73. The molecule has 0 heterocycles. The van der Waals surface area contributed by atoms with Crippen LogP contribution in [0, 0.1) is 11.6 Å². The lowest BCUT2D eigenvalue weighted by atomic mass is 10.1. The Morgan fingerprint density at radius 3 is 2.29 bits per heavy atom. The molecule has 0 spiro atoms. The largest absolute Gasteiger partial charge is 0.573 e. The predicted octanol–water partition coefficient (Wildman–Crippen LogP) is 6.04. The van der Waals surface area contributed by atoms with Crippen LogP contribution in [0.5, 0.6) is 5.75 Å². The molecule has 0 saturated carbocycles. The molecule has 0 radical (unpaired) electrons. The van der Waals surface area contributed by atoms with Crippen LogP contribution in [0.1, 0.15) is 15.9 Å². The van der Waals surface area contributed by atoms with Gasteiger partial charge in [0, 0.05) is 16.1 Å². The van der Waals surface area contributed by atoms with E-state index in [-0.39, 0.29) is 16.8 Å². The summed E-state index contributed by atoms with van der Waals surface area (Å²) in [5.74, 6) is -4.44. The Kier molecular flexibility index (Phi) is 7.67. The van der Waals surface area contributed by atoms with Gasteiger partial charge in [-0.3, -0.25) is 9.59 Å². The second kappa shape index (κ2) is 10.5. The van der Waals surface area contributed by atoms with Crippen molar-refractivity contribution in [3.63, 3.8) is 0 Å². The minimum absolute atomic E-state index is 0.126. The first-order chi connectivity index (χ1) is 16.0. The molecule has 0 unspecified atom stereocenters. The molecule has 3 aromatic carbocycles. The average Bonchev–Trinajstić information content (AvgIpc) is 2.75. The Balaban J connectivity index is 1.97. The number of para-hydroxylation sites is 2. The number of amides is 2. The van der Waals surface area contributed by atoms with E-state index in [0.29, 0.717) is 10.5 Å². The maximum Gasteiger partial charge on any atom is 0.573 e. The van der Waals surface area contributed by atoms with Crippen LogP contribution in [-0.2, 0) is 4.79 Å². The van der Waals surface area contributed by atoms with E-state index in [9.17, 15) is 31.5 Å². The SMILES string of the molecule is O=C(Nc1ccccc1OC(F)(F)F)/C(=C/c1ccc(F)cc1F)NC(=O)c1ccccc1Br. The number of halogens is 6. The second-order valence-corrected chi connectivity index (χ2v) is 7.51. The van der Waals surface area contributed by atoms with Gasteiger partial charge in [-0.1, -0.05) is 24.3 Å². The van der Waals surface area contributed by atoms with Crippen LogP contribution in [-0.4, -0.2) is 18.2 Å². The topological polar surface area (TPSA) is 67.4 Å². The van der Waals surface area contributed by atoms with Gasteiger partial charge in [0.2, 0.25) is 0 Å². The van der Waals surface area contributed by atoms with Gasteiger partial charge in [-0.2, -0.15) is 0 Å². The van der Waals surface area contributed by atoms with Crippen molar-refractivity contribution < 1.29 is 36.3 Å². The minimum atomic E-state index is -5.02. The van der Waals surface area contributed by atoms with Crippen LogP contribution < -0.4 is 15.4 Å². The molecule has 0 fully saturated rings. The van der Waals surface area contributed by atoms with Gasteiger partial charge in [-0.25, -0.2) is 8.78 Å². The molecule has 3 rings (SSSR count). The van der Waals surface area contributed by atoms with Crippen molar-refractivity contribution in [2.24, 2.45) is 0 Å². The van der Waals surface area contributed by atoms with Gasteiger partial charge >= 0.3 is 6.36 Å². The first-order valence-corrected chi connectivity index (χ1v) is 10.2. The van der Waals surface area contributed by atoms with Crippen LogP contribution in [0.2, 0.25) is 0 Å². The maximum absolute atomic E-state index is 14.2. The highest BCUT2D eigenvalue weighted by Crippen LogP contribution is 2.30. The summed E-state index contributed by atoms with van der Waals surface area (Å²) >= 11 is 3.20. The first-order valence-electron chi connectivity index (χ1n) is 9.42. The predicted molar refractivity (Wildman–Crippen MR) is 118 cm³/mol. The summed E-state index contributed by atoms with van der Waals surface area (Å²) in [6, 6.07) is 13.5. The molecule has 5 nitrogen and oxygen atoms in total. The highest BCUT2D eigenvalue weighted by Gasteiger charge is 2.32. The Morgan fingerprint density at radius 1 is 0.941 bits per heavy atom. The molecule has 0 aliphatic rings. The average molecular weight is 541 g/mol. The molecule has 2 amide bonds. The smallest absolute Gasteiger partial charge is 0.404 e. The number of hydrogen-bond acceptors (Lipinski definition) is 3. The van der Waals surface area contributed by atoms with Crippen molar-refractivity contribution in [2.45, 2.75) is 6.36 Å². The number of anilines is 1. The number of rotatable bonds is 6. The Bertz CT molecular complexity index is 1260. The van der Waals surface area contributed by atoms with E-state index < -0.39 is 41.3 Å². The van der Waals surface area contributed by atoms with Crippen molar-refractivity contribution in [1.82, 2.24) is 5.32 Å². The first kappa shape index (κ1) is 24.9. The maximum atomic E-state index is 14.2. The van der Waals surface area contributed by atoms with Gasteiger partial charge in [0.1, 0.15) is 17.3 Å². The monoisotopic (exact) mass is 540 g/mol. The summed E-state index contributed by atoms with van der Waals surface area (Å²) < 4.78 is 69.9. The molecular weight excluding hydrogens is 527 g/mol. The van der Waals surface area contributed by atoms with Gasteiger partial charge < -0.3 is 15.4 Å².